The molecule has 128 valence electrons. The first-order valence-corrected chi connectivity index (χ1v) is 9.94. The number of unbranched alkanes of at least 4 members (excludes halogenated alkanes) is 9. The summed E-state index contributed by atoms with van der Waals surface area (Å²) in [5.41, 5.74) is 0. The van der Waals surface area contributed by atoms with Gasteiger partial charge in [0, 0.05) is 12.8 Å². The molecule has 0 radical (unpaired) electrons. The van der Waals surface area contributed by atoms with Gasteiger partial charge in [0.15, 0.2) is 0 Å². The number of carbonyl (C=O) groups excluding carboxylic acids is 1. The quantitative estimate of drug-likeness (QED) is 0.213. The lowest BCUT2D eigenvalue weighted by molar-refractivity contribution is -0.140. The number of methoxy groups -OCH3 is 1. The number of esters is 1. The number of ether oxygens (including phenoxy) is 1. The lowest BCUT2D eigenvalue weighted by atomic mass is 10.1. The number of carbonyl (C=O) groups is 1. The van der Waals surface area contributed by atoms with Crippen LogP contribution in [0.1, 0.15) is 77.0 Å². The molecule has 0 aromatic rings. The number of hydrogen-bond acceptors (Lipinski definition) is 3. The van der Waals surface area contributed by atoms with E-state index in [-0.39, 0.29) is 5.97 Å². The summed E-state index contributed by atoms with van der Waals surface area (Å²) in [5, 5.41) is 0. The first kappa shape index (κ1) is 21.3. The van der Waals surface area contributed by atoms with Crippen molar-refractivity contribution in [1.29, 1.82) is 0 Å². The molecule has 0 aliphatic rings. The van der Waals surface area contributed by atoms with Gasteiger partial charge < -0.3 is 9.58 Å². The van der Waals surface area contributed by atoms with E-state index in [4.69, 9.17) is 6.57 Å². The Morgan fingerprint density at radius 2 is 1.36 bits per heavy atom. The molecule has 0 bridgehead atoms. The normalized spacial score (nSPS) is 10.4. The minimum absolute atomic E-state index is 0.0867. The molecule has 22 heavy (non-hydrogen) atoms. The van der Waals surface area contributed by atoms with Gasteiger partial charge in [0.1, 0.15) is 0 Å². The Bertz CT molecular complexity index is 289. The van der Waals surface area contributed by atoms with Crippen molar-refractivity contribution in [2.24, 2.45) is 0 Å². The number of hydrogen-bond donors (Lipinski definition) is 0. The van der Waals surface area contributed by atoms with Gasteiger partial charge in [-0.25, -0.2) is 6.57 Å². The molecule has 0 aliphatic heterocycles. The van der Waals surface area contributed by atoms with Gasteiger partial charge in [-0.3, -0.25) is 4.79 Å². The summed E-state index contributed by atoms with van der Waals surface area (Å²) in [6.45, 7) is 7.41. The van der Waals surface area contributed by atoms with Crippen molar-refractivity contribution in [3.8, 4) is 0 Å². The van der Waals surface area contributed by atoms with Crippen molar-refractivity contribution >= 4 is 17.7 Å². The third kappa shape index (κ3) is 17.4. The van der Waals surface area contributed by atoms with Crippen molar-refractivity contribution in [1.82, 2.24) is 0 Å². The van der Waals surface area contributed by atoms with E-state index < -0.39 is 0 Å². The Morgan fingerprint density at radius 1 is 0.864 bits per heavy atom. The monoisotopic (exact) mass is 327 g/mol. The fourth-order valence-corrected chi connectivity index (χ4v) is 3.33. The summed E-state index contributed by atoms with van der Waals surface area (Å²) >= 11 is 2.02. The largest absolute Gasteiger partial charge is 0.469 e. The van der Waals surface area contributed by atoms with Gasteiger partial charge in [0.05, 0.1) is 7.11 Å². The van der Waals surface area contributed by atoms with Crippen LogP contribution in [0.5, 0.6) is 0 Å². The minimum atomic E-state index is -0.0867. The molecule has 3 nitrogen and oxygen atoms in total. The van der Waals surface area contributed by atoms with Gasteiger partial charge in [0.2, 0.25) is 6.54 Å². The van der Waals surface area contributed by atoms with Crippen LogP contribution in [0.2, 0.25) is 0 Å². The molecular formula is C18H33NO2S. The highest BCUT2D eigenvalue weighted by molar-refractivity contribution is 7.99. The Labute approximate surface area is 141 Å². The first-order chi connectivity index (χ1) is 10.8. The SMILES string of the molecule is [C-]#[N+]CCCCCCCCCCCSCCCCC(=O)OC. The van der Waals surface area contributed by atoms with Gasteiger partial charge in [-0.1, -0.05) is 38.5 Å². The highest BCUT2D eigenvalue weighted by atomic mass is 32.2. The zero-order valence-electron chi connectivity index (χ0n) is 14.3. The van der Waals surface area contributed by atoms with Crippen LogP contribution in [-0.4, -0.2) is 31.1 Å². The Hall–Kier alpha value is -0.690. The van der Waals surface area contributed by atoms with Crippen molar-refractivity contribution in [3.63, 3.8) is 0 Å². The maximum Gasteiger partial charge on any atom is 0.305 e. The topological polar surface area (TPSA) is 30.7 Å². The van der Waals surface area contributed by atoms with Gasteiger partial charge >= 0.3 is 5.97 Å². The number of rotatable bonds is 16. The molecule has 0 rings (SSSR count). The smallest absolute Gasteiger partial charge is 0.305 e. The molecule has 0 fully saturated rings. The van der Waals surface area contributed by atoms with E-state index in [1.54, 1.807) is 0 Å². The predicted octanol–water partition coefficient (Wildman–Crippen LogP) is 5.49. The van der Waals surface area contributed by atoms with Gasteiger partial charge in [0.25, 0.3) is 0 Å². The van der Waals surface area contributed by atoms with Crippen LogP contribution in [0.4, 0.5) is 0 Å². The molecule has 0 spiro atoms. The van der Waals surface area contributed by atoms with E-state index in [0.29, 0.717) is 13.0 Å². The second kappa shape index (κ2) is 18.4. The second-order valence-electron chi connectivity index (χ2n) is 5.71. The fourth-order valence-electron chi connectivity index (χ4n) is 2.31. The van der Waals surface area contributed by atoms with Crippen molar-refractivity contribution < 1.29 is 9.53 Å². The van der Waals surface area contributed by atoms with Crippen LogP contribution >= 0.6 is 11.8 Å². The Morgan fingerprint density at radius 3 is 1.91 bits per heavy atom. The molecule has 0 aliphatic carbocycles. The van der Waals surface area contributed by atoms with Crippen LogP contribution in [0.3, 0.4) is 0 Å². The Balaban J connectivity index is 3.00. The molecule has 0 saturated heterocycles. The standard InChI is InChI=1S/C18H33NO2S/c1-19-15-11-8-6-4-3-5-7-9-12-16-22-17-13-10-14-18(20)21-2/h3-17H2,2H3. The fraction of sp³-hybridized carbons (Fsp3) is 0.889. The summed E-state index contributed by atoms with van der Waals surface area (Å²) in [6.07, 6.45) is 14.4. The Kier molecular flexibility index (Phi) is 17.8. The van der Waals surface area contributed by atoms with E-state index in [1.807, 2.05) is 11.8 Å². The average Bonchev–Trinajstić information content (AvgIpc) is 2.54. The maximum atomic E-state index is 10.9. The zero-order chi connectivity index (χ0) is 16.3. The molecule has 0 heterocycles. The molecule has 0 atom stereocenters. The second-order valence-corrected chi connectivity index (χ2v) is 6.93. The summed E-state index contributed by atoms with van der Waals surface area (Å²) in [4.78, 5) is 14.3. The van der Waals surface area contributed by atoms with E-state index in [1.165, 1.54) is 70.0 Å². The molecule has 0 unspecified atom stereocenters. The van der Waals surface area contributed by atoms with E-state index in [2.05, 4.69) is 9.58 Å². The van der Waals surface area contributed by atoms with Crippen molar-refractivity contribution in [2.75, 3.05) is 25.2 Å². The van der Waals surface area contributed by atoms with Gasteiger partial charge in [-0.15, -0.1) is 0 Å². The van der Waals surface area contributed by atoms with Crippen LogP contribution < -0.4 is 0 Å². The van der Waals surface area contributed by atoms with E-state index in [9.17, 15) is 4.79 Å². The van der Waals surface area contributed by atoms with Crippen LogP contribution in [0, 0.1) is 6.57 Å². The molecular weight excluding hydrogens is 294 g/mol. The minimum Gasteiger partial charge on any atom is -0.469 e. The summed E-state index contributed by atoms with van der Waals surface area (Å²) in [7, 11) is 1.45. The first-order valence-electron chi connectivity index (χ1n) is 8.79. The summed E-state index contributed by atoms with van der Waals surface area (Å²) in [5.74, 6) is 2.34. The van der Waals surface area contributed by atoms with Crippen LogP contribution in [0.15, 0.2) is 0 Å². The molecule has 0 saturated carbocycles. The lowest BCUT2D eigenvalue weighted by Crippen LogP contribution is -1.99. The van der Waals surface area contributed by atoms with Gasteiger partial charge in [-0.2, -0.15) is 11.8 Å². The lowest BCUT2D eigenvalue weighted by Gasteiger charge is -2.03. The third-order valence-electron chi connectivity index (χ3n) is 3.71. The molecule has 0 amide bonds. The van der Waals surface area contributed by atoms with Gasteiger partial charge in [-0.05, 0) is 37.2 Å². The number of nitrogens with zero attached hydrogens (tertiary/aromatic N) is 1. The summed E-state index contributed by atoms with van der Waals surface area (Å²) in [6, 6.07) is 0. The van der Waals surface area contributed by atoms with Crippen LogP contribution in [0.25, 0.3) is 4.85 Å². The summed E-state index contributed by atoms with van der Waals surface area (Å²) < 4.78 is 4.62. The van der Waals surface area contributed by atoms with Crippen molar-refractivity contribution in [3.05, 3.63) is 11.4 Å². The van der Waals surface area contributed by atoms with E-state index in [0.717, 1.165) is 19.3 Å². The molecule has 4 heteroatoms. The molecule has 0 aromatic carbocycles. The molecule has 0 aromatic heterocycles. The molecule has 0 N–H and O–H groups in total. The van der Waals surface area contributed by atoms with Crippen LogP contribution in [-0.2, 0) is 9.53 Å². The average molecular weight is 328 g/mol. The van der Waals surface area contributed by atoms with E-state index >= 15 is 0 Å². The zero-order valence-corrected chi connectivity index (χ0v) is 15.1. The number of thioether (sulfide) groups is 1. The van der Waals surface area contributed by atoms with Crippen molar-refractivity contribution in [2.45, 2.75) is 77.0 Å². The predicted molar refractivity (Wildman–Crippen MR) is 96.2 cm³/mol. The highest BCUT2D eigenvalue weighted by Crippen LogP contribution is 2.13. The maximum absolute atomic E-state index is 10.9. The third-order valence-corrected chi connectivity index (χ3v) is 4.86. The highest BCUT2D eigenvalue weighted by Gasteiger charge is 1.99.